The first-order chi connectivity index (χ1) is 14.7. The lowest BCUT2D eigenvalue weighted by atomic mass is 10.2. The minimum atomic E-state index is -5.04. The number of alkyl halides is 3. The molecule has 31 heavy (non-hydrogen) atoms. The van der Waals surface area contributed by atoms with Gasteiger partial charge in [0, 0.05) is 18.4 Å². The van der Waals surface area contributed by atoms with Gasteiger partial charge in [0.2, 0.25) is 0 Å². The van der Waals surface area contributed by atoms with E-state index in [4.69, 9.17) is 9.47 Å². The Morgan fingerprint density at radius 2 is 2.19 bits per heavy atom. The Labute approximate surface area is 182 Å². The van der Waals surface area contributed by atoms with Crippen LogP contribution < -0.4 is 16.6 Å². The van der Waals surface area contributed by atoms with Gasteiger partial charge in [0.05, 0.1) is 19.3 Å². The van der Waals surface area contributed by atoms with Gasteiger partial charge in [0.25, 0.3) is 5.56 Å². The first-order valence-electron chi connectivity index (χ1n) is 8.99. The van der Waals surface area contributed by atoms with Crippen molar-refractivity contribution in [3.8, 4) is 11.8 Å². The number of ether oxygens (including phenoxy) is 2. The number of nitrogens with zero attached hydrogens (tertiary/aromatic N) is 1. The van der Waals surface area contributed by atoms with Gasteiger partial charge in [0.1, 0.15) is 23.8 Å². The topological polar surface area (TPSA) is 123 Å². The molecule has 0 radical (unpaired) electrons. The number of halogens is 3. The van der Waals surface area contributed by atoms with Crippen molar-refractivity contribution < 1.29 is 32.5 Å². The molecule has 1 aliphatic rings. The molecular formula is C17H20F3N3O6S2. The van der Waals surface area contributed by atoms with Gasteiger partial charge in [-0.3, -0.25) is 19.1 Å². The number of aromatic amines is 1. The predicted molar refractivity (Wildman–Crippen MR) is 108 cm³/mol. The molecule has 14 heteroatoms. The lowest BCUT2D eigenvalue weighted by molar-refractivity contribution is -0.173. The van der Waals surface area contributed by atoms with Gasteiger partial charge in [-0.05, 0) is 0 Å². The van der Waals surface area contributed by atoms with Gasteiger partial charge >= 0.3 is 17.8 Å². The second-order valence-corrected chi connectivity index (χ2v) is 8.79. The third-order valence-corrected chi connectivity index (χ3v) is 6.12. The van der Waals surface area contributed by atoms with E-state index in [0.717, 1.165) is 16.5 Å². The standard InChI is InChI=1S/C17H20F3N3O6S2/c1-2-30-31-9-28-11-6-13(29-12(11)8-24)23-7-10(14(25)22-16(23)27)4-3-5-21-15(26)17(18,19)20/h7,11-13,24H,2,5-6,8-9H2,1H3,(H,21,26)(H,22,25,27)/t11-,12-,13-/m1/s1. The summed E-state index contributed by atoms with van der Waals surface area (Å²) < 4.78 is 48.9. The summed E-state index contributed by atoms with van der Waals surface area (Å²) in [6, 6.07) is 0. The Morgan fingerprint density at radius 1 is 1.45 bits per heavy atom. The van der Waals surface area contributed by atoms with Gasteiger partial charge in [-0.1, -0.05) is 40.4 Å². The SMILES string of the molecule is CCSSCO[C@@H]1C[C@H](n2cc(C#CCNC(=O)C(F)(F)F)c(=O)[nH]c2=O)O[C@@H]1CO. The maximum atomic E-state index is 12.2. The molecule has 1 amide bonds. The van der Waals surface area contributed by atoms with Crippen molar-refractivity contribution in [1.29, 1.82) is 0 Å². The Balaban J connectivity index is 2.10. The first kappa shape index (κ1) is 25.3. The normalized spacial score (nSPS) is 20.9. The van der Waals surface area contributed by atoms with Crippen LogP contribution in [0, 0.1) is 11.8 Å². The summed E-state index contributed by atoms with van der Waals surface area (Å²) in [5.41, 5.74) is -1.82. The van der Waals surface area contributed by atoms with Crippen LogP contribution in [0.15, 0.2) is 15.8 Å². The number of aromatic nitrogens is 2. The van der Waals surface area contributed by atoms with Crippen LogP contribution in [-0.4, -0.2) is 63.8 Å². The van der Waals surface area contributed by atoms with E-state index in [0.29, 0.717) is 5.94 Å². The van der Waals surface area contributed by atoms with E-state index in [1.165, 1.54) is 10.8 Å². The summed E-state index contributed by atoms with van der Waals surface area (Å²) in [6.07, 6.45) is -5.71. The van der Waals surface area contributed by atoms with Crippen molar-refractivity contribution in [3.05, 3.63) is 32.6 Å². The monoisotopic (exact) mass is 483 g/mol. The molecule has 9 nitrogen and oxygen atoms in total. The smallest absolute Gasteiger partial charge is 0.394 e. The zero-order valence-corrected chi connectivity index (χ0v) is 17.9. The molecule has 0 spiro atoms. The zero-order valence-electron chi connectivity index (χ0n) is 16.2. The number of amides is 1. The Morgan fingerprint density at radius 3 is 2.84 bits per heavy atom. The molecule has 0 unspecified atom stereocenters. The highest BCUT2D eigenvalue weighted by Gasteiger charge is 2.38. The summed E-state index contributed by atoms with van der Waals surface area (Å²) in [5, 5.41) is 11.1. The molecule has 1 aromatic heterocycles. The summed E-state index contributed by atoms with van der Waals surface area (Å²) in [7, 11) is 3.10. The highest BCUT2D eigenvalue weighted by Crippen LogP contribution is 2.31. The number of H-pyrrole nitrogens is 1. The summed E-state index contributed by atoms with van der Waals surface area (Å²) in [4.78, 5) is 36.9. The van der Waals surface area contributed by atoms with Crippen LogP contribution >= 0.6 is 21.6 Å². The molecular weight excluding hydrogens is 463 g/mol. The van der Waals surface area contributed by atoms with Gasteiger partial charge in [-0.25, -0.2) is 4.79 Å². The van der Waals surface area contributed by atoms with Crippen molar-refractivity contribution in [1.82, 2.24) is 14.9 Å². The number of nitrogens with one attached hydrogen (secondary N) is 2. The van der Waals surface area contributed by atoms with Crippen molar-refractivity contribution in [2.24, 2.45) is 0 Å². The number of hydrogen-bond donors (Lipinski definition) is 3. The minimum Gasteiger partial charge on any atom is -0.394 e. The van der Waals surface area contributed by atoms with Crippen LogP contribution in [0.3, 0.4) is 0 Å². The number of rotatable bonds is 8. The van der Waals surface area contributed by atoms with Crippen LogP contribution in [-0.2, 0) is 14.3 Å². The van der Waals surface area contributed by atoms with Crippen molar-refractivity contribution in [3.63, 3.8) is 0 Å². The van der Waals surface area contributed by atoms with E-state index in [1.54, 1.807) is 16.1 Å². The maximum absolute atomic E-state index is 12.2. The average Bonchev–Trinajstić information content (AvgIpc) is 3.11. The fourth-order valence-electron chi connectivity index (χ4n) is 2.60. The van der Waals surface area contributed by atoms with E-state index < -0.39 is 48.3 Å². The third kappa shape index (κ3) is 7.32. The molecule has 1 aromatic rings. The van der Waals surface area contributed by atoms with E-state index in [1.807, 2.05) is 6.92 Å². The van der Waals surface area contributed by atoms with E-state index >= 15 is 0 Å². The van der Waals surface area contributed by atoms with Gasteiger partial charge in [0.15, 0.2) is 0 Å². The second kappa shape index (κ2) is 11.6. The molecule has 0 saturated carbocycles. The Bertz CT molecular complexity index is 940. The highest BCUT2D eigenvalue weighted by molar-refractivity contribution is 8.76. The molecule has 1 saturated heterocycles. The van der Waals surface area contributed by atoms with Crippen molar-refractivity contribution >= 4 is 27.5 Å². The second-order valence-electron chi connectivity index (χ2n) is 6.09. The molecule has 1 aliphatic heterocycles. The Kier molecular flexibility index (Phi) is 9.51. The molecule has 2 heterocycles. The number of carbonyl (C=O) groups is 1. The van der Waals surface area contributed by atoms with Crippen LogP contribution in [0.4, 0.5) is 13.2 Å². The summed E-state index contributed by atoms with van der Waals surface area (Å²) in [5.74, 6) is 3.64. The quantitative estimate of drug-likeness (QED) is 0.213. The molecule has 1 fully saturated rings. The number of hydrogen-bond acceptors (Lipinski definition) is 8. The molecule has 3 atom stereocenters. The largest absolute Gasteiger partial charge is 0.471 e. The number of aliphatic hydroxyl groups excluding tert-OH is 1. The molecule has 0 aromatic carbocycles. The van der Waals surface area contributed by atoms with E-state index in [-0.39, 0.29) is 18.6 Å². The molecule has 3 N–H and O–H groups in total. The average molecular weight is 483 g/mol. The van der Waals surface area contributed by atoms with Crippen LogP contribution in [0.25, 0.3) is 0 Å². The molecule has 0 aliphatic carbocycles. The zero-order chi connectivity index (χ0) is 23.0. The van der Waals surface area contributed by atoms with Crippen molar-refractivity contribution in [2.75, 3.05) is 24.8 Å². The lowest BCUT2D eigenvalue weighted by Gasteiger charge is -2.16. The number of aliphatic hydroxyl groups is 1. The van der Waals surface area contributed by atoms with Gasteiger partial charge in [-0.2, -0.15) is 13.2 Å². The maximum Gasteiger partial charge on any atom is 0.471 e. The predicted octanol–water partition coefficient (Wildman–Crippen LogP) is 0.590. The van der Waals surface area contributed by atoms with Crippen molar-refractivity contribution in [2.45, 2.75) is 38.0 Å². The fourth-order valence-corrected chi connectivity index (χ4v) is 3.93. The molecule has 0 bridgehead atoms. The summed E-state index contributed by atoms with van der Waals surface area (Å²) in [6.45, 7) is 1.01. The van der Waals surface area contributed by atoms with Gasteiger partial charge < -0.3 is 19.9 Å². The number of carbonyl (C=O) groups excluding carboxylic acids is 1. The lowest BCUT2D eigenvalue weighted by Crippen LogP contribution is -2.37. The summed E-state index contributed by atoms with van der Waals surface area (Å²) >= 11 is 0. The van der Waals surface area contributed by atoms with Gasteiger partial charge in [-0.15, -0.1) is 0 Å². The highest BCUT2D eigenvalue weighted by atomic mass is 33.1. The van der Waals surface area contributed by atoms with Crippen LogP contribution in [0.2, 0.25) is 0 Å². The molecule has 2 rings (SSSR count). The Hall–Kier alpha value is -1.92. The van der Waals surface area contributed by atoms with Crippen LogP contribution in [0.1, 0.15) is 25.1 Å². The minimum absolute atomic E-state index is 0.204. The third-order valence-electron chi connectivity index (χ3n) is 3.99. The van der Waals surface area contributed by atoms with E-state index in [9.17, 15) is 32.7 Å². The first-order valence-corrected chi connectivity index (χ1v) is 11.5. The van der Waals surface area contributed by atoms with E-state index in [2.05, 4.69) is 16.8 Å². The van der Waals surface area contributed by atoms with Crippen LogP contribution in [0.5, 0.6) is 0 Å². The fraction of sp³-hybridized carbons (Fsp3) is 0.588. The molecule has 172 valence electrons.